The van der Waals surface area contributed by atoms with E-state index in [9.17, 15) is 4.79 Å². The zero-order valence-electron chi connectivity index (χ0n) is 10.8. The molecule has 1 atom stereocenters. The van der Waals surface area contributed by atoms with Gasteiger partial charge in [-0.3, -0.25) is 4.79 Å². The van der Waals surface area contributed by atoms with E-state index in [0.29, 0.717) is 26.1 Å². The van der Waals surface area contributed by atoms with Crippen molar-refractivity contribution in [1.82, 2.24) is 0 Å². The number of rotatable bonds is 4. The Kier molecular flexibility index (Phi) is 4.33. The molecule has 0 radical (unpaired) electrons. The molecule has 1 saturated heterocycles. The highest BCUT2D eigenvalue weighted by Crippen LogP contribution is 2.20. The number of aryl methyl sites for hydroxylation is 1. The molecule has 2 rings (SSSR count). The summed E-state index contributed by atoms with van der Waals surface area (Å²) < 4.78 is 5.46. The average Bonchev–Trinajstić information content (AvgIpc) is 2.42. The maximum atomic E-state index is 12.2. The van der Waals surface area contributed by atoms with Crippen molar-refractivity contribution < 1.29 is 9.53 Å². The third-order valence-electron chi connectivity index (χ3n) is 3.26. The van der Waals surface area contributed by atoms with E-state index in [2.05, 4.69) is 19.1 Å². The Morgan fingerprint density at radius 3 is 2.72 bits per heavy atom. The number of nitrogens with two attached hydrogens (primary N) is 1. The predicted molar refractivity (Wildman–Crippen MR) is 71.6 cm³/mol. The van der Waals surface area contributed by atoms with Crippen molar-refractivity contribution >= 4 is 11.6 Å². The Labute approximate surface area is 108 Å². The summed E-state index contributed by atoms with van der Waals surface area (Å²) in [5.41, 5.74) is 7.72. The van der Waals surface area contributed by atoms with Crippen molar-refractivity contribution in [2.45, 2.75) is 25.9 Å². The Morgan fingerprint density at radius 2 is 2.11 bits per heavy atom. The van der Waals surface area contributed by atoms with Crippen LogP contribution in [0.15, 0.2) is 24.3 Å². The molecule has 0 aromatic heterocycles. The average molecular weight is 248 g/mol. The minimum absolute atomic E-state index is 0.0240. The van der Waals surface area contributed by atoms with Gasteiger partial charge >= 0.3 is 0 Å². The van der Waals surface area contributed by atoms with Gasteiger partial charge < -0.3 is 15.4 Å². The molecule has 1 unspecified atom stereocenters. The van der Waals surface area contributed by atoms with Crippen LogP contribution >= 0.6 is 0 Å². The normalized spacial score (nSPS) is 20.2. The third-order valence-corrected chi connectivity index (χ3v) is 3.26. The van der Waals surface area contributed by atoms with Crippen molar-refractivity contribution in [2.24, 2.45) is 5.73 Å². The van der Waals surface area contributed by atoms with E-state index in [1.165, 1.54) is 5.56 Å². The van der Waals surface area contributed by atoms with Crippen LogP contribution < -0.4 is 10.6 Å². The molecule has 0 spiro atoms. The largest absolute Gasteiger partial charge is 0.366 e. The number of carbonyl (C=O) groups is 1. The second-order valence-corrected chi connectivity index (χ2v) is 4.45. The first kappa shape index (κ1) is 13.1. The molecule has 1 aromatic rings. The van der Waals surface area contributed by atoms with Crippen LogP contribution in [0.1, 0.15) is 18.9 Å². The van der Waals surface area contributed by atoms with Crippen LogP contribution in [-0.2, 0) is 16.0 Å². The Hall–Kier alpha value is -1.39. The standard InChI is InChI=1S/C14H20N2O2/c1-2-11-3-5-12(6-4-11)16-9-10-18-13(7-8-15)14(16)17/h3-6,13H,2,7-10,15H2,1H3. The Bertz CT molecular complexity index is 401. The van der Waals surface area contributed by atoms with Crippen molar-refractivity contribution in [1.29, 1.82) is 0 Å². The van der Waals surface area contributed by atoms with E-state index >= 15 is 0 Å². The smallest absolute Gasteiger partial charge is 0.256 e. The quantitative estimate of drug-likeness (QED) is 0.874. The molecule has 4 heteroatoms. The topological polar surface area (TPSA) is 55.6 Å². The molecule has 1 fully saturated rings. The zero-order valence-corrected chi connectivity index (χ0v) is 10.8. The summed E-state index contributed by atoms with van der Waals surface area (Å²) in [4.78, 5) is 14.0. The van der Waals surface area contributed by atoms with Gasteiger partial charge in [-0.05, 0) is 37.1 Å². The lowest BCUT2D eigenvalue weighted by Gasteiger charge is -2.32. The van der Waals surface area contributed by atoms with Gasteiger partial charge in [0.2, 0.25) is 0 Å². The van der Waals surface area contributed by atoms with Crippen molar-refractivity contribution in [3.05, 3.63) is 29.8 Å². The molecule has 1 heterocycles. The second-order valence-electron chi connectivity index (χ2n) is 4.45. The van der Waals surface area contributed by atoms with Crippen molar-refractivity contribution in [3.63, 3.8) is 0 Å². The second kappa shape index (κ2) is 5.98. The number of nitrogens with zero attached hydrogens (tertiary/aromatic N) is 1. The number of hydrogen-bond donors (Lipinski definition) is 1. The molecular formula is C14H20N2O2. The van der Waals surface area contributed by atoms with Gasteiger partial charge in [-0.15, -0.1) is 0 Å². The number of benzene rings is 1. The van der Waals surface area contributed by atoms with Crippen LogP contribution in [0.2, 0.25) is 0 Å². The molecule has 0 saturated carbocycles. The molecule has 1 aliphatic heterocycles. The molecule has 1 aliphatic rings. The Morgan fingerprint density at radius 1 is 1.39 bits per heavy atom. The lowest BCUT2D eigenvalue weighted by atomic mass is 10.1. The number of carbonyl (C=O) groups excluding carboxylic acids is 1. The van der Waals surface area contributed by atoms with Gasteiger partial charge in [0.15, 0.2) is 0 Å². The molecule has 18 heavy (non-hydrogen) atoms. The Balaban J connectivity index is 2.13. The molecule has 98 valence electrons. The van der Waals surface area contributed by atoms with E-state index < -0.39 is 0 Å². The van der Waals surface area contributed by atoms with Crippen molar-refractivity contribution in [3.8, 4) is 0 Å². The summed E-state index contributed by atoms with van der Waals surface area (Å²) in [6.07, 6.45) is 1.21. The zero-order chi connectivity index (χ0) is 13.0. The lowest BCUT2D eigenvalue weighted by Crippen LogP contribution is -2.48. The summed E-state index contributed by atoms with van der Waals surface area (Å²) in [6, 6.07) is 8.13. The van der Waals surface area contributed by atoms with Crippen LogP contribution in [0, 0.1) is 0 Å². The summed E-state index contributed by atoms with van der Waals surface area (Å²) in [6.45, 7) is 3.78. The van der Waals surface area contributed by atoms with Crippen LogP contribution in [0.5, 0.6) is 0 Å². The summed E-state index contributed by atoms with van der Waals surface area (Å²) in [5, 5.41) is 0. The highest BCUT2D eigenvalue weighted by molar-refractivity contribution is 5.97. The number of amides is 1. The highest BCUT2D eigenvalue weighted by Gasteiger charge is 2.29. The SMILES string of the molecule is CCc1ccc(N2CCOC(CCN)C2=O)cc1. The van der Waals surface area contributed by atoms with Gasteiger partial charge in [0.05, 0.1) is 6.61 Å². The maximum absolute atomic E-state index is 12.2. The molecule has 0 aliphatic carbocycles. The van der Waals surface area contributed by atoms with Gasteiger partial charge in [-0.25, -0.2) is 0 Å². The fourth-order valence-electron chi connectivity index (χ4n) is 2.17. The maximum Gasteiger partial charge on any atom is 0.256 e. The molecule has 1 amide bonds. The van der Waals surface area contributed by atoms with Gasteiger partial charge in [0.25, 0.3) is 5.91 Å². The van der Waals surface area contributed by atoms with Gasteiger partial charge in [-0.1, -0.05) is 19.1 Å². The van der Waals surface area contributed by atoms with E-state index in [1.54, 1.807) is 4.90 Å². The van der Waals surface area contributed by atoms with Crippen LogP contribution in [0.3, 0.4) is 0 Å². The summed E-state index contributed by atoms with van der Waals surface area (Å²) >= 11 is 0. The van der Waals surface area contributed by atoms with E-state index in [0.717, 1.165) is 12.1 Å². The minimum Gasteiger partial charge on any atom is -0.366 e. The van der Waals surface area contributed by atoms with Gasteiger partial charge in [0.1, 0.15) is 6.10 Å². The summed E-state index contributed by atoms with van der Waals surface area (Å²) in [5.74, 6) is 0.0240. The summed E-state index contributed by atoms with van der Waals surface area (Å²) in [7, 11) is 0. The number of morpholine rings is 1. The molecule has 1 aromatic carbocycles. The first-order valence-corrected chi connectivity index (χ1v) is 6.48. The first-order chi connectivity index (χ1) is 8.76. The van der Waals surface area contributed by atoms with Gasteiger partial charge in [-0.2, -0.15) is 0 Å². The van der Waals surface area contributed by atoms with E-state index in [-0.39, 0.29) is 12.0 Å². The number of hydrogen-bond acceptors (Lipinski definition) is 3. The fourth-order valence-corrected chi connectivity index (χ4v) is 2.17. The van der Waals surface area contributed by atoms with Gasteiger partial charge in [0, 0.05) is 12.2 Å². The third kappa shape index (κ3) is 2.71. The monoisotopic (exact) mass is 248 g/mol. The first-order valence-electron chi connectivity index (χ1n) is 6.48. The van der Waals surface area contributed by atoms with Crippen LogP contribution in [-0.4, -0.2) is 31.7 Å². The van der Waals surface area contributed by atoms with E-state index in [1.807, 2.05) is 12.1 Å². The van der Waals surface area contributed by atoms with Crippen LogP contribution in [0.4, 0.5) is 5.69 Å². The lowest BCUT2D eigenvalue weighted by molar-refractivity contribution is -0.134. The molecule has 2 N–H and O–H groups in total. The van der Waals surface area contributed by atoms with Crippen molar-refractivity contribution in [2.75, 3.05) is 24.6 Å². The molecule has 0 bridgehead atoms. The number of anilines is 1. The fraction of sp³-hybridized carbons (Fsp3) is 0.500. The molecule has 4 nitrogen and oxygen atoms in total. The number of ether oxygens (including phenoxy) is 1. The van der Waals surface area contributed by atoms with Crippen LogP contribution in [0.25, 0.3) is 0 Å². The minimum atomic E-state index is -0.380. The molecular weight excluding hydrogens is 228 g/mol. The highest BCUT2D eigenvalue weighted by atomic mass is 16.5. The van der Waals surface area contributed by atoms with E-state index in [4.69, 9.17) is 10.5 Å². The predicted octanol–water partition coefficient (Wildman–Crippen LogP) is 1.33.